The van der Waals surface area contributed by atoms with E-state index in [1.54, 1.807) is 0 Å². The van der Waals surface area contributed by atoms with Gasteiger partial charge in [-0.1, -0.05) is 25.7 Å². The fourth-order valence-electron chi connectivity index (χ4n) is 3.21. The summed E-state index contributed by atoms with van der Waals surface area (Å²) in [6.07, 6.45) is 9.89. The van der Waals surface area contributed by atoms with E-state index >= 15 is 0 Å². The Bertz CT molecular complexity index is 203. The van der Waals surface area contributed by atoms with E-state index < -0.39 is 0 Å². The normalized spacial score (nSPS) is 34.7. The van der Waals surface area contributed by atoms with Gasteiger partial charge in [0.05, 0.1) is 0 Å². The molecule has 1 aliphatic carbocycles. The van der Waals surface area contributed by atoms with E-state index in [0.717, 1.165) is 5.92 Å². The Morgan fingerprint density at radius 1 is 1.06 bits per heavy atom. The van der Waals surface area contributed by atoms with E-state index in [9.17, 15) is 0 Å². The molecule has 2 fully saturated rings. The first-order valence-corrected chi connectivity index (χ1v) is 7.21. The van der Waals surface area contributed by atoms with Crippen LogP contribution >= 0.6 is 0 Å². The minimum atomic E-state index is 0.660. The van der Waals surface area contributed by atoms with Gasteiger partial charge in [0.1, 0.15) is 0 Å². The van der Waals surface area contributed by atoms with Crippen molar-refractivity contribution in [2.45, 2.75) is 83.8 Å². The van der Waals surface area contributed by atoms with Gasteiger partial charge in [0.15, 0.2) is 0 Å². The van der Waals surface area contributed by atoms with Crippen molar-refractivity contribution >= 4 is 0 Å². The highest BCUT2D eigenvalue weighted by atomic mass is 15.5. The molecule has 94 valence electrons. The topological polar surface area (TPSA) is 15.3 Å². The van der Waals surface area contributed by atoms with Crippen LogP contribution in [0.2, 0.25) is 0 Å². The van der Waals surface area contributed by atoms with Gasteiger partial charge >= 0.3 is 0 Å². The van der Waals surface area contributed by atoms with Crippen LogP contribution in [0.1, 0.15) is 65.7 Å². The lowest BCUT2D eigenvalue weighted by Crippen LogP contribution is -2.55. The fraction of sp³-hybridized carbons (Fsp3) is 1.00. The Kier molecular flexibility index (Phi) is 4.26. The summed E-state index contributed by atoms with van der Waals surface area (Å²) in [5.74, 6) is 1.01. The molecule has 1 saturated heterocycles. The first-order chi connectivity index (χ1) is 7.66. The number of hydrazine groups is 1. The number of hydrogen-bond acceptors (Lipinski definition) is 2. The molecule has 2 nitrogen and oxygen atoms in total. The fourth-order valence-corrected chi connectivity index (χ4v) is 3.21. The third-order valence-electron chi connectivity index (χ3n) is 4.47. The zero-order valence-electron chi connectivity index (χ0n) is 11.2. The van der Waals surface area contributed by atoms with Gasteiger partial charge in [-0.15, -0.1) is 0 Å². The molecule has 0 bridgehead atoms. The molecule has 2 rings (SSSR count). The molecule has 0 amide bonds. The van der Waals surface area contributed by atoms with E-state index in [1.165, 1.54) is 44.9 Å². The van der Waals surface area contributed by atoms with Crippen molar-refractivity contribution in [1.29, 1.82) is 0 Å². The molecule has 0 aromatic rings. The quantitative estimate of drug-likeness (QED) is 0.788. The number of rotatable bonds is 4. The molecule has 1 saturated carbocycles. The standard InChI is InChI=1S/C14H28N2/c1-11(10-14-8-5-9-14)15-16-12(2)6-4-7-13(16)3/h11-15H,4-10H2,1-3H3. The van der Waals surface area contributed by atoms with Gasteiger partial charge in [0.25, 0.3) is 0 Å². The minimum absolute atomic E-state index is 0.660. The van der Waals surface area contributed by atoms with E-state index in [-0.39, 0.29) is 0 Å². The van der Waals surface area contributed by atoms with Crippen LogP contribution in [0.15, 0.2) is 0 Å². The summed E-state index contributed by atoms with van der Waals surface area (Å²) in [6, 6.07) is 2.09. The number of nitrogens with one attached hydrogen (secondary N) is 1. The predicted octanol–water partition coefficient (Wildman–Crippen LogP) is 3.33. The molecule has 0 radical (unpaired) electrons. The monoisotopic (exact) mass is 224 g/mol. The molecule has 3 atom stereocenters. The highest BCUT2D eigenvalue weighted by molar-refractivity contribution is 4.80. The number of piperidine rings is 1. The Morgan fingerprint density at radius 3 is 2.12 bits per heavy atom. The van der Waals surface area contributed by atoms with Gasteiger partial charge in [-0.25, -0.2) is 5.01 Å². The average molecular weight is 224 g/mol. The van der Waals surface area contributed by atoms with Gasteiger partial charge in [-0.2, -0.15) is 0 Å². The summed E-state index contributed by atoms with van der Waals surface area (Å²) in [5.41, 5.74) is 3.75. The van der Waals surface area contributed by atoms with Crippen LogP contribution in [0.3, 0.4) is 0 Å². The summed E-state index contributed by atoms with van der Waals surface area (Å²) in [5, 5.41) is 2.52. The highest BCUT2D eigenvalue weighted by Gasteiger charge is 2.27. The Labute approximate surface area is 101 Å². The Morgan fingerprint density at radius 2 is 1.62 bits per heavy atom. The molecule has 0 aromatic carbocycles. The Hall–Kier alpha value is -0.0800. The maximum absolute atomic E-state index is 3.75. The van der Waals surface area contributed by atoms with Crippen LogP contribution in [-0.2, 0) is 0 Å². The van der Waals surface area contributed by atoms with Crippen molar-refractivity contribution in [3.8, 4) is 0 Å². The lowest BCUT2D eigenvalue weighted by Gasteiger charge is -2.41. The molecule has 0 aromatic heterocycles. The van der Waals surface area contributed by atoms with Crippen LogP contribution in [0.25, 0.3) is 0 Å². The summed E-state index contributed by atoms with van der Waals surface area (Å²) < 4.78 is 0. The zero-order chi connectivity index (χ0) is 11.5. The smallest absolute Gasteiger partial charge is 0.0218 e. The van der Waals surface area contributed by atoms with Gasteiger partial charge in [-0.05, 0) is 46.0 Å². The summed E-state index contributed by atoms with van der Waals surface area (Å²) in [7, 11) is 0. The summed E-state index contributed by atoms with van der Waals surface area (Å²) in [6.45, 7) is 7.07. The van der Waals surface area contributed by atoms with Crippen LogP contribution in [0.5, 0.6) is 0 Å². The summed E-state index contributed by atoms with van der Waals surface area (Å²) >= 11 is 0. The molecule has 2 heteroatoms. The lowest BCUT2D eigenvalue weighted by molar-refractivity contribution is 0.0258. The number of nitrogens with zero attached hydrogens (tertiary/aromatic N) is 1. The Balaban J connectivity index is 1.76. The van der Waals surface area contributed by atoms with Gasteiger partial charge < -0.3 is 0 Å². The lowest BCUT2D eigenvalue weighted by atomic mass is 9.81. The molecular weight excluding hydrogens is 196 g/mol. The highest BCUT2D eigenvalue weighted by Crippen LogP contribution is 2.30. The molecular formula is C14H28N2. The molecule has 1 aliphatic heterocycles. The van der Waals surface area contributed by atoms with Crippen LogP contribution < -0.4 is 5.43 Å². The van der Waals surface area contributed by atoms with E-state index in [4.69, 9.17) is 0 Å². The maximum atomic E-state index is 3.75. The second-order valence-corrected chi connectivity index (χ2v) is 6.10. The molecule has 3 unspecified atom stereocenters. The van der Waals surface area contributed by atoms with Crippen LogP contribution in [0.4, 0.5) is 0 Å². The first-order valence-electron chi connectivity index (χ1n) is 7.21. The van der Waals surface area contributed by atoms with Crippen molar-refractivity contribution in [3.05, 3.63) is 0 Å². The van der Waals surface area contributed by atoms with E-state index in [2.05, 4.69) is 31.2 Å². The van der Waals surface area contributed by atoms with Gasteiger partial charge in [0.2, 0.25) is 0 Å². The van der Waals surface area contributed by atoms with Crippen molar-refractivity contribution in [1.82, 2.24) is 10.4 Å². The molecule has 2 aliphatic rings. The maximum Gasteiger partial charge on any atom is 0.0218 e. The SMILES string of the molecule is CC(CC1CCC1)NN1C(C)CCCC1C. The second-order valence-electron chi connectivity index (χ2n) is 6.10. The molecule has 1 N–H and O–H groups in total. The van der Waals surface area contributed by atoms with Gasteiger partial charge in [-0.3, -0.25) is 5.43 Å². The average Bonchev–Trinajstić information content (AvgIpc) is 2.18. The third-order valence-corrected chi connectivity index (χ3v) is 4.47. The van der Waals surface area contributed by atoms with Crippen molar-refractivity contribution in [2.24, 2.45) is 5.92 Å². The first kappa shape index (κ1) is 12.4. The second kappa shape index (κ2) is 5.50. The largest absolute Gasteiger partial charge is 0.252 e. The number of hydrogen-bond donors (Lipinski definition) is 1. The van der Waals surface area contributed by atoms with E-state index in [0.29, 0.717) is 18.1 Å². The van der Waals surface area contributed by atoms with Crippen LogP contribution in [0, 0.1) is 5.92 Å². The van der Waals surface area contributed by atoms with E-state index in [1.807, 2.05) is 0 Å². The molecule has 1 heterocycles. The van der Waals surface area contributed by atoms with Crippen molar-refractivity contribution in [3.63, 3.8) is 0 Å². The molecule has 0 spiro atoms. The summed E-state index contributed by atoms with van der Waals surface area (Å²) in [4.78, 5) is 0. The van der Waals surface area contributed by atoms with Crippen molar-refractivity contribution in [2.75, 3.05) is 0 Å². The van der Waals surface area contributed by atoms with Crippen molar-refractivity contribution < 1.29 is 0 Å². The minimum Gasteiger partial charge on any atom is -0.252 e. The molecule has 16 heavy (non-hydrogen) atoms. The predicted molar refractivity (Wildman–Crippen MR) is 69.2 cm³/mol. The third kappa shape index (κ3) is 2.98. The zero-order valence-corrected chi connectivity index (χ0v) is 11.2. The van der Waals surface area contributed by atoms with Crippen LogP contribution in [-0.4, -0.2) is 23.1 Å². The van der Waals surface area contributed by atoms with Gasteiger partial charge in [0, 0.05) is 18.1 Å².